The van der Waals surface area contributed by atoms with Gasteiger partial charge in [0.1, 0.15) is 17.1 Å². The maximum absolute atomic E-state index is 9.63. The lowest BCUT2D eigenvalue weighted by Gasteiger charge is -2.24. The molecule has 102 valence electrons. The maximum Gasteiger partial charge on any atom is 0.143 e. The minimum atomic E-state index is -0.142. The number of rotatable bonds is 1. The molecule has 3 aromatic heterocycles. The molecule has 3 aromatic rings. The molecule has 0 amide bonds. The van der Waals surface area contributed by atoms with E-state index in [1.807, 2.05) is 6.07 Å². The number of hydrogen-bond donors (Lipinski definition) is 1. The van der Waals surface area contributed by atoms with Gasteiger partial charge in [0.05, 0.1) is 17.9 Å². The third kappa shape index (κ3) is 2.01. The van der Waals surface area contributed by atoms with E-state index in [9.17, 15) is 5.11 Å². The second-order valence-electron chi connectivity index (χ2n) is 5.74. The third-order valence-corrected chi connectivity index (χ3v) is 3.11. The van der Waals surface area contributed by atoms with Crippen molar-refractivity contribution >= 4 is 11.0 Å². The summed E-state index contributed by atoms with van der Waals surface area (Å²) < 4.78 is 2.14. The van der Waals surface area contributed by atoms with Gasteiger partial charge in [0.2, 0.25) is 0 Å². The van der Waals surface area contributed by atoms with E-state index in [2.05, 4.69) is 40.3 Å². The van der Waals surface area contributed by atoms with Crippen molar-refractivity contribution in [2.24, 2.45) is 0 Å². The Morgan fingerprint density at radius 1 is 1.10 bits per heavy atom. The highest BCUT2D eigenvalue weighted by atomic mass is 16.3. The van der Waals surface area contributed by atoms with Gasteiger partial charge >= 0.3 is 0 Å². The van der Waals surface area contributed by atoms with Crippen LogP contribution in [-0.4, -0.2) is 24.6 Å². The molecular weight excluding hydrogens is 252 g/mol. The summed E-state index contributed by atoms with van der Waals surface area (Å²) in [5.74, 6) is 0.914. The Bertz CT molecular complexity index is 771. The minimum Gasteiger partial charge on any atom is -0.506 e. The quantitative estimate of drug-likeness (QED) is 0.737. The van der Waals surface area contributed by atoms with Crippen molar-refractivity contribution in [2.75, 3.05) is 0 Å². The van der Waals surface area contributed by atoms with Gasteiger partial charge in [-0.3, -0.25) is 9.97 Å². The second-order valence-corrected chi connectivity index (χ2v) is 5.74. The molecule has 0 bridgehead atoms. The predicted molar refractivity (Wildman–Crippen MR) is 77.4 cm³/mol. The van der Waals surface area contributed by atoms with Crippen LogP contribution in [0.1, 0.15) is 20.8 Å². The van der Waals surface area contributed by atoms with Crippen LogP contribution < -0.4 is 0 Å². The average Bonchev–Trinajstić information content (AvgIpc) is 2.77. The van der Waals surface area contributed by atoms with Crippen molar-refractivity contribution in [2.45, 2.75) is 26.3 Å². The van der Waals surface area contributed by atoms with Crippen molar-refractivity contribution in [1.82, 2.24) is 19.5 Å². The summed E-state index contributed by atoms with van der Waals surface area (Å²) in [6, 6.07) is 3.62. The fourth-order valence-corrected chi connectivity index (χ4v) is 2.35. The molecule has 0 aliphatic heterocycles. The molecule has 0 spiro atoms. The van der Waals surface area contributed by atoms with E-state index in [-0.39, 0.29) is 11.3 Å². The zero-order chi connectivity index (χ0) is 14.3. The van der Waals surface area contributed by atoms with Crippen molar-refractivity contribution in [3.05, 3.63) is 36.9 Å². The Hall–Kier alpha value is -2.43. The molecule has 0 aliphatic carbocycles. The first-order valence-electron chi connectivity index (χ1n) is 6.44. The van der Waals surface area contributed by atoms with E-state index in [0.29, 0.717) is 0 Å². The summed E-state index contributed by atoms with van der Waals surface area (Å²) in [6.45, 7) is 6.36. The molecule has 0 atom stereocenters. The molecule has 20 heavy (non-hydrogen) atoms. The van der Waals surface area contributed by atoms with Crippen molar-refractivity contribution < 1.29 is 5.11 Å². The SMILES string of the molecule is CC(C)(C)n1c(-c2cncc(O)c2)nc2cnccc21. The highest BCUT2D eigenvalue weighted by Crippen LogP contribution is 2.31. The van der Waals surface area contributed by atoms with Crippen LogP contribution in [0.15, 0.2) is 36.9 Å². The van der Waals surface area contributed by atoms with Gasteiger partial charge in [0.15, 0.2) is 0 Å². The number of nitrogens with zero attached hydrogens (tertiary/aromatic N) is 4. The van der Waals surface area contributed by atoms with Gasteiger partial charge < -0.3 is 9.67 Å². The highest BCUT2D eigenvalue weighted by Gasteiger charge is 2.22. The lowest BCUT2D eigenvalue weighted by Crippen LogP contribution is -2.22. The molecule has 0 unspecified atom stereocenters. The van der Waals surface area contributed by atoms with Gasteiger partial charge in [-0.05, 0) is 32.9 Å². The van der Waals surface area contributed by atoms with Gasteiger partial charge in [-0.25, -0.2) is 4.98 Å². The van der Waals surface area contributed by atoms with E-state index < -0.39 is 0 Å². The smallest absolute Gasteiger partial charge is 0.143 e. The second kappa shape index (κ2) is 4.30. The predicted octanol–water partition coefficient (Wildman–Crippen LogP) is 2.95. The van der Waals surface area contributed by atoms with Gasteiger partial charge in [-0.15, -0.1) is 0 Å². The summed E-state index contributed by atoms with van der Waals surface area (Å²) in [7, 11) is 0. The van der Waals surface area contributed by atoms with E-state index in [1.165, 1.54) is 6.20 Å². The molecule has 0 saturated heterocycles. The van der Waals surface area contributed by atoms with E-state index >= 15 is 0 Å². The van der Waals surface area contributed by atoms with E-state index in [1.54, 1.807) is 24.7 Å². The fraction of sp³-hybridized carbons (Fsp3) is 0.267. The Kier molecular flexibility index (Phi) is 2.71. The molecule has 0 aromatic carbocycles. The van der Waals surface area contributed by atoms with E-state index in [4.69, 9.17) is 0 Å². The standard InChI is InChI=1S/C15H16N4O/c1-15(2,3)19-13-4-5-16-9-12(13)18-14(19)10-6-11(20)8-17-7-10/h4-9,20H,1-3H3. The molecule has 0 aliphatic rings. The largest absolute Gasteiger partial charge is 0.506 e. The zero-order valence-corrected chi connectivity index (χ0v) is 11.7. The maximum atomic E-state index is 9.63. The van der Waals surface area contributed by atoms with Crippen LogP contribution in [0.3, 0.4) is 0 Å². The monoisotopic (exact) mass is 268 g/mol. The number of hydrogen-bond acceptors (Lipinski definition) is 4. The first kappa shape index (κ1) is 12.6. The third-order valence-electron chi connectivity index (χ3n) is 3.11. The van der Waals surface area contributed by atoms with Crippen molar-refractivity contribution in [3.8, 4) is 17.1 Å². The molecule has 5 heteroatoms. The number of aromatic nitrogens is 4. The number of fused-ring (bicyclic) bond motifs is 1. The Morgan fingerprint density at radius 2 is 1.90 bits per heavy atom. The topological polar surface area (TPSA) is 63.8 Å². The summed E-state index contributed by atoms with van der Waals surface area (Å²) in [4.78, 5) is 12.8. The number of pyridine rings is 2. The number of aromatic hydroxyl groups is 1. The fourth-order valence-electron chi connectivity index (χ4n) is 2.35. The minimum absolute atomic E-state index is 0.133. The first-order valence-corrected chi connectivity index (χ1v) is 6.44. The summed E-state index contributed by atoms with van der Waals surface area (Å²) >= 11 is 0. The van der Waals surface area contributed by atoms with Crippen LogP contribution in [0.25, 0.3) is 22.4 Å². The molecule has 3 rings (SSSR count). The Balaban J connectivity index is 2.35. The zero-order valence-electron chi connectivity index (χ0n) is 11.7. The highest BCUT2D eigenvalue weighted by molar-refractivity contribution is 5.80. The van der Waals surface area contributed by atoms with Crippen LogP contribution in [0.5, 0.6) is 5.75 Å². The first-order chi connectivity index (χ1) is 9.47. The van der Waals surface area contributed by atoms with Crippen LogP contribution in [0.2, 0.25) is 0 Å². The van der Waals surface area contributed by atoms with Gasteiger partial charge in [0, 0.05) is 23.5 Å². The molecule has 5 nitrogen and oxygen atoms in total. The summed E-state index contributed by atoms with van der Waals surface area (Å²) in [5.41, 5.74) is 2.50. The van der Waals surface area contributed by atoms with E-state index in [0.717, 1.165) is 22.4 Å². The van der Waals surface area contributed by atoms with Crippen molar-refractivity contribution in [1.29, 1.82) is 0 Å². The van der Waals surface area contributed by atoms with Gasteiger partial charge in [-0.2, -0.15) is 0 Å². The van der Waals surface area contributed by atoms with Gasteiger partial charge in [0.25, 0.3) is 0 Å². The lowest BCUT2D eigenvalue weighted by atomic mass is 10.1. The molecule has 0 fully saturated rings. The van der Waals surface area contributed by atoms with Crippen LogP contribution in [0, 0.1) is 0 Å². The average molecular weight is 268 g/mol. The summed E-state index contributed by atoms with van der Waals surface area (Å²) in [5, 5.41) is 9.63. The molecular formula is C15H16N4O. The Labute approximate surface area is 117 Å². The molecule has 3 heterocycles. The van der Waals surface area contributed by atoms with Crippen molar-refractivity contribution in [3.63, 3.8) is 0 Å². The summed E-state index contributed by atoms with van der Waals surface area (Å²) in [6.07, 6.45) is 6.62. The lowest BCUT2D eigenvalue weighted by molar-refractivity contribution is 0.412. The molecule has 0 radical (unpaired) electrons. The number of imidazole rings is 1. The van der Waals surface area contributed by atoms with Crippen LogP contribution >= 0.6 is 0 Å². The molecule has 1 N–H and O–H groups in total. The van der Waals surface area contributed by atoms with Crippen LogP contribution in [-0.2, 0) is 5.54 Å². The molecule has 0 saturated carbocycles. The van der Waals surface area contributed by atoms with Gasteiger partial charge in [-0.1, -0.05) is 0 Å². The Morgan fingerprint density at radius 3 is 2.60 bits per heavy atom. The van der Waals surface area contributed by atoms with Crippen LogP contribution in [0.4, 0.5) is 0 Å². The normalized spacial score (nSPS) is 11.9.